The van der Waals surface area contributed by atoms with Crippen LogP contribution in [-0.2, 0) is 0 Å². The quantitative estimate of drug-likeness (QED) is 0.927. The van der Waals surface area contributed by atoms with Crippen LogP contribution in [0.4, 0.5) is 5.69 Å². The molecule has 20 heavy (non-hydrogen) atoms. The molecule has 110 valence electrons. The van der Waals surface area contributed by atoms with Crippen molar-refractivity contribution in [2.24, 2.45) is 17.8 Å². The zero-order valence-electron chi connectivity index (χ0n) is 12.1. The third-order valence-electron chi connectivity index (χ3n) is 4.87. The summed E-state index contributed by atoms with van der Waals surface area (Å²) in [5.74, 6) is 2.54. The van der Waals surface area contributed by atoms with Crippen LogP contribution in [0, 0.1) is 17.8 Å². The van der Waals surface area contributed by atoms with Crippen LogP contribution in [0.5, 0.6) is 0 Å². The van der Waals surface area contributed by atoms with E-state index in [9.17, 15) is 4.79 Å². The Bertz CT molecular complexity index is 555. The Morgan fingerprint density at radius 2 is 2.25 bits per heavy atom. The van der Waals surface area contributed by atoms with Gasteiger partial charge in [-0.25, -0.2) is 4.68 Å². The largest absolute Gasteiger partial charge is 0.382 e. The normalized spacial score (nSPS) is 28.3. The minimum Gasteiger partial charge on any atom is -0.382 e. The maximum Gasteiger partial charge on any atom is 0.287 e. The number of fused-ring (bicyclic) bond motifs is 2. The van der Waals surface area contributed by atoms with Gasteiger partial charge in [-0.1, -0.05) is 18.0 Å². The number of rotatable bonds is 4. The molecule has 2 bridgehead atoms. The molecule has 1 N–H and O–H groups in total. The summed E-state index contributed by atoms with van der Waals surface area (Å²) >= 11 is 6.17. The van der Waals surface area contributed by atoms with Gasteiger partial charge in [0.2, 0.25) is 0 Å². The molecule has 0 amide bonds. The van der Waals surface area contributed by atoms with Crippen molar-refractivity contribution in [3.8, 4) is 0 Å². The van der Waals surface area contributed by atoms with Crippen molar-refractivity contribution in [3.63, 3.8) is 0 Å². The van der Waals surface area contributed by atoms with Crippen LogP contribution in [0.15, 0.2) is 11.0 Å². The van der Waals surface area contributed by atoms with Gasteiger partial charge in [0.15, 0.2) is 0 Å². The highest BCUT2D eigenvalue weighted by atomic mass is 35.5. The second-order valence-electron chi connectivity index (χ2n) is 6.53. The van der Waals surface area contributed by atoms with E-state index in [0.29, 0.717) is 5.69 Å². The van der Waals surface area contributed by atoms with E-state index in [1.807, 2.05) is 13.8 Å². The fourth-order valence-electron chi connectivity index (χ4n) is 3.80. The Hall–Kier alpha value is -1.03. The van der Waals surface area contributed by atoms with Crippen molar-refractivity contribution in [1.82, 2.24) is 9.78 Å². The lowest BCUT2D eigenvalue weighted by atomic mass is 9.89. The number of halogens is 1. The van der Waals surface area contributed by atoms with Gasteiger partial charge in [-0.2, -0.15) is 5.10 Å². The van der Waals surface area contributed by atoms with Crippen molar-refractivity contribution in [1.29, 1.82) is 0 Å². The van der Waals surface area contributed by atoms with E-state index in [4.69, 9.17) is 11.6 Å². The zero-order chi connectivity index (χ0) is 14.3. The van der Waals surface area contributed by atoms with Gasteiger partial charge in [0.05, 0.1) is 17.9 Å². The lowest BCUT2D eigenvalue weighted by molar-refractivity contribution is 0.348. The molecule has 2 fully saturated rings. The van der Waals surface area contributed by atoms with E-state index in [2.05, 4.69) is 10.4 Å². The van der Waals surface area contributed by atoms with Crippen molar-refractivity contribution in [2.75, 3.05) is 11.9 Å². The lowest BCUT2D eigenvalue weighted by Gasteiger charge is -2.22. The molecule has 0 saturated heterocycles. The highest BCUT2D eigenvalue weighted by Gasteiger charge is 2.39. The average molecular weight is 296 g/mol. The first-order valence-corrected chi connectivity index (χ1v) is 7.95. The lowest BCUT2D eigenvalue weighted by Crippen LogP contribution is -2.27. The number of hydrogen-bond acceptors (Lipinski definition) is 3. The summed E-state index contributed by atoms with van der Waals surface area (Å²) in [6.45, 7) is 4.76. The molecule has 3 unspecified atom stereocenters. The van der Waals surface area contributed by atoms with Crippen molar-refractivity contribution in [3.05, 3.63) is 21.6 Å². The van der Waals surface area contributed by atoms with E-state index in [1.54, 1.807) is 6.20 Å². The molecule has 0 radical (unpaired) electrons. The van der Waals surface area contributed by atoms with Crippen molar-refractivity contribution in [2.45, 2.75) is 45.6 Å². The van der Waals surface area contributed by atoms with Gasteiger partial charge in [0, 0.05) is 6.54 Å². The summed E-state index contributed by atoms with van der Waals surface area (Å²) in [6, 6.07) is 0.0274. The number of hydrogen-bond donors (Lipinski definition) is 1. The van der Waals surface area contributed by atoms with Gasteiger partial charge in [0.25, 0.3) is 5.56 Å². The van der Waals surface area contributed by atoms with E-state index >= 15 is 0 Å². The van der Waals surface area contributed by atoms with E-state index in [0.717, 1.165) is 24.3 Å². The molecule has 0 spiro atoms. The van der Waals surface area contributed by atoms with Gasteiger partial charge in [-0.3, -0.25) is 4.79 Å². The molecule has 1 aromatic heterocycles. The third kappa shape index (κ3) is 2.46. The van der Waals surface area contributed by atoms with Gasteiger partial charge in [-0.15, -0.1) is 0 Å². The SMILES string of the molecule is CC(C)n1ncc(NCC2CC3CCC2C3)c(Cl)c1=O. The highest BCUT2D eigenvalue weighted by Crippen LogP contribution is 2.48. The Kier molecular flexibility index (Phi) is 3.76. The molecule has 2 saturated carbocycles. The summed E-state index contributed by atoms with van der Waals surface area (Å²) < 4.78 is 1.42. The second-order valence-corrected chi connectivity index (χ2v) is 6.91. The monoisotopic (exact) mass is 295 g/mol. The summed E-state index contributed by atoms with van der Waals surface area (Å²) in [5.41, 5.74) is 0.468. The average Bonchev–Trinajstić information content (AvgIpc) is 3.02. The molecule has 0 aromatic carbocycles. The van der Waals surface area contributed by atoms with Crippen LogP contribution in [0.3, 0.4) is 0 Å². The van der Waals surface area contributed by atoms with Crippen LogP contribution >= 0.6 is 11.6 Å². The topological polar surface area (TPSA) is 46.9 Å². The van der Waals surface area contributed by atoms with Crippen LogP contribution < -0.4 is 10.9 Å². The molecule has 4 nitrogen and oxygen atoms in total. The molecular weight excluding hydrogens is 274 g/mol. The third-order valence-corrected chi connectivity index (χ3v) is 5.24. The molecule has 1 heterocycles. The Labute approximate surface area is 124 Å². The van der Waals surface area contributed by atoms with Crippen LogP contribution in [0.25, 0.3) is 0 Å². The minimum atomic E-state index is -0.209. The molecule has 1 aromatic rings. The molecule has 0 aliphatic heterocycles. The predicted molar refractivity (Wildman–Crippen MR) is 81.3 cm³/mol. The number of nitrogens with zero attached hydrogens (tertiary/aromatic N) is 2. The Balaban J connectivity index is 1.69. The van der Waals surface area contributed by atoms with Crippen molar-refractivity contribution >= 4 is 17.3 Å². The fourth-order valence-corrected chi connectivity index (χ4v) is 4.01. The van der Waals surface area contributed by atoms with Crippen LogP contribution in [-0.4, -0.2) is 16.3 Å². The molecule has 3 rings (SSSR count). The summed E-state index contributed by atoms with van der Waals surface area (Å²) in [7, 11) is 0. The van der Waals surface area contributed by atoms with Crippen LogP contribution in [0.2, 0.25) is 5.02 Å². The first-order chi connectivity index (χ1) is 9.56. The summed E-state index contributed by atoms with van der Waals surface area (Å²) in [5, 5.41) is 7.79. The van der Waals surface area contributed by atoms with Gasteiger partial charge >= 0.3 is 0 Å². The molecule has 2 aliphatic carbocycles. The highest BCUT2D eigenvalue weighted by molar-refractivity contribution is 6.32. The van der Waals surface area contributed by atoms with Gasteiger partial charge in [-0.05, 0) is 50.9 Å². The molecular formula is C15H22ClN3O. The smallest absolute Gasteiger partial charge is 0.287 e. The maximum absolute atomic E-state index is 12.1. The fraction of sp³-hybridized carbons (Fsp3) is 0.733. The van der Waals surface area contributed by atoms with E-state index in [-0.39, 0.29) is 16.6 Å². The minimum absolute atomic E-state index is 0.0274. The Morgan fingerprint density at radius 1 is 1.45 bits per heavy atom. The zero-order valence-corrected chi connectivity index (χ0v) is 12.9. The Morgan fingerprint density at radius 3 is 2.85 bits per heavy atom. The van der Waals surface area contributed by atoms with Gasteiger partial charge in [0.1, 0.15) is 5.02 Å². The van der Waals surface area contributed by atoms with Crippen molar-refractivity contribution < 1.29 is 0 Å². The maximum atomic E-state index is 12.1. The first kappa shape index (κ1) is 13.9. The summed E-state index contributed by atoms with van der Waals surface area (Å²) in [4.78, 5) is 12.1. The van der Waals surface area contributed by atoms with Crippen LogP contribution in [0.1, 0.15) is 45.6 Å². The number of aromatic nitrogens is 2. The van der Waals surface area contributed by atoms with Gasteiger partial charge < -0.3 is 5.32 Å². The molecule has 5 heteroatoms. The molecule has 2 aliphatic rings. The number of anilines is 1. The molecule has 3 atom stereocenters. The number of nitrogens with one attached hydrogen (secondary N) is 1. The standard InChI is InChI=1S/C15H22ClN3O/c1-9(2)19-15(20)14(16)13(8-18-19)17-7-12-6-10-3-4-11(12)5-10/h8-12,17H,3-7H2,1-2H3. The van der Waals surface area contributed by atoms with E-state index < -0.39 is 0 Å². The van der Waals surface area contributed by atoms with E-state index in [1.165, 1.54) is 30.4 Å². The first-order valence-electron chi connectivity index (χ1n) is 7.57. The summed E-state index contributed by atoms with van der Waals surface area (Å²) in [6.07, 6.45) is 7.18. The second kappa shape index (κ2) is 5.40. The predicted octanol–water partition coefficient (Wildman–Crippen LogP) is 3.33.